The van der Waals surface area contributed by atoms with Crippen LogP contribution in [0.3, 0.4) is 0 Å². The van der Waals surface area contributed by atoms with Crippen LogP contribution in [0.5, 0.6) is 0 Å². The van der Waals surface area contributed by atoms with Gasteiger partial charge in [-0.25, -0.2) is 9.97 Å². The number of benzene rings is 2. The summed E-state index contributed by atoms with van der Waals surface area (Å²) in [5.74, 6) is 0.416. The van der Waals surface area contributed by atoms with Gasteiger partial charge in [-0.15, -0.1) is 0 Å². The van der Waals surface area contributed by atoms with Crippen LogP contribution in [-0.2, 0) is 11.3 Å². The summed E-state index contributed by atoms with van der Waals surface area (Å²) in [4.78, 5) is 20.9. The zero-order valence-electron chi connectivity index (χ0n) is 13.3. The highest BCUT2D eigenvalue weighted by Gasteiger charge is 2.08. The van der Waals surface area contributed by atoms with Crippen molar-refractivity contribution in [3.63, 3.8) is 0 Å². The summed E-state index contributed by atoms with van der Waals surface area (Å²) in [5.41, 5.74) is 3.00. The molecule has 1 N–H and O–H groups in total. The van der Waals surface area contributed by atoms with Crippen molar-refractivity contribution in [2.24, 2.45) is 0 Å². The number of methoxy groups -OCH3 is 1. The standard InChI is InChI=1S/C19H17N3O2/c1-24-13-14-6-5-9-16(10-14)19(23)22-17-11-20-18(21-12-17)15-7-3-2-4-8-15/h2-12H,13H2,1H3,(H,22,23). The number of rotatable bonds is 5. The van der Waals surface area contributed by atoms with Gasteiger partial charge in [0.15, 0.2) is 5.82 Å². The number of carbonyl (C=O) groups excluding carboxylic acids is 1. The fourth-order valence-electron chi connectivity index (χ4n) is 2.30. The van der Waals surface area contributed by atoms with E-state index in [1.165, 1.54) is 0 Å². The third-order valence-electron chi connectivity index (χ3n) is 3.44. The molecule has 0 bridgehead atoms. The summed E-state index contributed by atoms with van der Waals surface area (Å²) in [7, 11) is 1.62. The Kier molecular flexibility index (Phi) is 4.93. The van der Waals surface area contributed by atoms with Crippen molar-refractivity contribution < 1.29 is 9.53 Å². The van der Waals surface area contributed by atoms with Crippen LogP contribution in [-0.4, -0.2) is 23.0 Å². The van der Waals surface area contributed by atoms with Gasteiger partial charge in [-0.05, 0) is 17.7 Å². The second kappa shape index (κ2) is 7.48. The largest absolute Gasteiger partial charge is 0.380 e. The molecule has 0 aliphatic carbocycles. The molecule has 0 saturated heterocycles. The Morgan fingerprint density at radius 2 is 1.79 bits per heavy atom. The summed E-state index contributed by atoms with van der Waals surface area (Å²) >= 11 is 0. The van der Waals surface area contributed by atoms with Crippen molar-refractivity contribution in [2.75, 3.05) is 12.4 Å². The summed E-state index contributed by atoms with van der Waals surface area (Å²) in [5, 5.41) is 2.80. The molecule has 120 valence electrons. The van der Waals surface area contributed by atoms with E-state index in [0.29, 0.717) is 23.7 Å². The maximum Gasteiger partial charge on any atom is 0.255 e. The second-order valence-electron chi connectivity index (χ2n) is 5.25. The maximum atomic E-state index is 12.3. The van der Waals surface area contributed by atoms with Crippen LogP contribution in [0.4, 0.5) is 5.69 Å². The molecular weight excluding hydrogens is 302 g/mol. The van der Waals surface area contributed by atoms with Crippen molar-refractivity contribution in [1.82, 2.24) is 9.97 Å². The van der Waals surface area contributed by atoms with Gasteiger partial charge in [0, 0.05) is 18.2 Å². The minimum Gasteiger partial charge on any atom is -0.380 e. The van der Waals surface area contributed by atoms with E-state index in [1.807, 2.05) is 42.5 Å². The van der Waals surface area contributed by atoms with E-state index < -0.39 is 0 Å². The molecule has 1 aromatic heterocycles. The lowest BCUT2D eigenvalue weighted by Gasteiger charge is -2.07. The first-order chi connectivity index (χ1) is 11.8. The van der Waals surface area contributed by atoms with Crippen LogP contribution >= 0.6 is 0 Å². The molecule has 0 radical (unpaired) electrons. The normalized spacial score (nSPS) is 10.4. The van der Waals surface area contributed by atoms with Crippen molar-refractivity contribution in [3.8, 4) is 11.4 Å². The monoisotopic (exact) mass is 319 g/mol. The molecule has 1 heterocycles. The number of hydrogen-bond acceptors (Lipinski definition) is 4. The Hall–Kier alpha value is -3.05. The molecule has 3 aromatic rings. The molecule has 0 aliphatic rings. The fourth-order valence-corrected chi connectivity index (χ4v) is 2.30. The molecule has 0 fully saturated rings. The van der Waals surface area contributed by atoms with Crippen LogP contribution in [0.2, 0.25) is 0 Å². The quantitative estimate of drug-likeness (QED) is 0.781. The number of anilines is 1. The topological polar surface area (TPSA) is 64.1 Å². The van der Waals surface area contributed by atoms with Crippen molar-refractivity contribution in [1.29, 1.82) is 0 Å². The van der Waals surface area contributed by atoms with Crippen LogP contribution in [0, 0.1) is 0 Å². The highest BCUT2D eigenvalue weighted by Crippen LogP contribution is 2.15. The third kappa shape index (κ3) is 3.83. The van der Waals surface area contributed by atoms with Gasteiger partial charge in [-0.2, -0.15) is 0 Å². The number of nitrogens with one attached hydrogen (secondary N) is 1. The Morgan fingerprint density at radius 3 is 2.50 bits per heavy atom. The lowest BCUT2D eigenvalue weighted by Crippen LogP contribution is -2.12. The summed E-state index contributed by atoms with van der Waals surface area (Å²) in [6.07, 6.45) is 3.21. The van der Waals surface area contributed by atoms with Crippen LogP contribution in [0.1, 0.15) is 15.9 Å². The SMILES string of the molecule is COCc1cccc(C(=O)Nc2cnc(-c3ccccc3)nc2)c1. The number of hydrogen-bond donors (Lipinski definition) is 1. The summed E-state index contributed by atoms with van der Waals surface area (Å²) < 4.78 is 5.08. The van der Waals surface area contributed by atoms with Gasteiger partial charge in [0.05, 0.1) is 24.7 Å². The van der Waals surface area contributed by atoms with Crippen molar-refractivity contribution in [3.05, 3.63) is 78.1 Å². The van der Waals surface area contributed by atoms with E-state index in [9.17, 15) is 4.79 Å². The van der Waals surface area contributed by atoms with E-state index in [2.05, 4.69) is 15.3 Å². The first kappa shape index (κ1) is 15.8. The highest BCUT2D eigenvalue weighted by molar-refractivity contribution is 6.04. The smallest absolute Gasteiger partial charge is 0.255 e. The molecule has 24 heavy (non-hydrogen) atoms. The molecular formula is C19H17N3O2. The Bertz CT molecular complexity index is 818. The maximum absolute atomic E-state index is 12.3. The molecule has 2 aromatic carbocycles. The van der Waals surface area contributed by atoms with Gasteiger partial charge in [-0.3, -0.25) is 4.79 Å². The summed E-state index contributed by atoms with van der Waals surface area (Å²) in [6, 6.07) is 17.0. The molecule has 5 nitrogen and oxygen atoms in total. The number of nitrogens with zero attached hydrogens (tertiary/aromatic N) is 2. The lowest BCUT2D eigenvalue weighted by atomic mass is 10.1. The molecule has 3 rings (SSSR count). The summed E-state index contributed by atoms with van der Waals surface area (Å²) in [6.45, 7) is 0.468. The van der Waals surface area contributed by atoms with E-state index in [0.717, 1.165) is 11.1 Å². The Balaban J connectivity index is 1.72. The highest BCUT2D eigenvalue weighted by atomic mass is 16.5. The first-order valence-electron chi connectivity index (χ1n) is 7.53. The first-order valence-corrected chi connectivity index (χ1v) is 7.53. The zero-order valence-corrected chi connectivity index (χ0v) is 13.3. The number of amides is 1. The molecule has 0 unspecified atom stereocenters. The van der Waals surface area contributed by atoms with Gasteiger partial charge in [-0.1, -0.05) is 42.5 Å². The van der Waals surface area contributed by atoms with Crippen LogP contribution < -0.4 is 5.32 Å². The molecule has 0 atom stereocenters. The number of carbonyl (C=O) groups is 1. The molecule has 1 amide bonds. The van der Waals surface area contributed by atoms with Crippen molar-refractivity contribution >= 4 is 11.6 Å². The van der Waals surface area contributed by atoms with Gasteiger partial charge in [0.2, 0.25) is 0 Å². The van der Waals surface area contributed by atoms with Gasteiger partial charge in [0.25, 0.3) is 5.91 Å². The van der Waals surface area contributed by atoms with E-state index >= 15 is 0 Å². The van der Waals surface area contributed by atoms with Gasteiger partial charge < -0.3 is 10.1 Å². The molecule has 0 aliphatic heterocycles. The number of ether oxygens (including phenoxy) is 1. The Labute approximate surface area is 140 Å². The molecule has 0 spiro atoms. The van der Waals surface area contributed by atoms with Crippen LogP contribution in [0.25, 0.3) is 11.4 Å². The van der Waals surface area contributed by atoms with Gasteiger partial charge in [0.1, 0.15) is 0 Å². The van der Waals surface area contributed by atoms with E-state index in [4.69, 9.17) is 4.74 Å². The minimum atomic E-state index is -0.205. The van der Waals surface area contributed by atoms with E-state index in [-0.39, 0.29) is 5.91 Å². The lowest BCUT2D eigenvalue weighted by molar-refractivity contribution is 0.102. The van der Waals surface area contributed by atoms with Crippen molar-refractivity contribution in [2.45, 2.75) is 6.61 Å². The minimum absolute atomic E-state index is 0.205. The third-order valence-corrected chi connectivity index (χ3v) is 3.44. The second-order valence-corrected chi connectivity index (χ2v) is 5.25. The average Bonchev–Trinajstić information content (AvgIpc) is 2.64. The fraction of sp³-hybridized carbons (Fsp3) is 0.105. The number of aromatic nitrogens is 2. The predicted octanol–water partition coefficient (Wildman–Crippen LogP) is 3.54. The van der Waals surface area contributed by atoms with Crippen LogP contribution in [0.15, 0.2) is 67.0 Å². The zero-order chi connectivity index (χ0) is 16.8. The predicted molar refractivity (Wildman–Crippen MR) is 92.6 cm³/mol. The van der Waals surface area contributed by atoms with Gasteiger partial charge >= 0.3 is 0 Å². The Morgan fingerprint density at radius 1 is 1.04 bits per heavy atom. The molecule has 0 saturated carbocycles. The molecule has 5 heteroatoms. The average molecular weight is 319 g/mol. The van der Waals surface area contributed by atoms with E-state index in [1.54, 1.807) is 31.6 Å².